The molecule has 0 radical (unpaired) electrons. The first-order chi connectivity index (χ1) is 6.09. The Labute approximate surface area is 75.4 Å². The number of aliphatic hydroxyl groups excluding tert-OH is 1. The number of benzene rings is 1. The van der Waals surface area contributed by atoms with Crippen LogP contribution < -0.4 is 4.74 Å². The summed E-state index contributed by atoms with van der Waals surface area (Å²) in [7, 11) is 0. The third kappa shape index (κ3) is 2.76. The van der Waals surface area contributed by atoms with E-state index in [1.807, 2.05) is 0 Å². The van der Waals surface area contributed by atoms with Crippen molar-refractivity contribution in [1.82, 2.24) is 0 Å². The summed E-state index contributed by atoms with van der Waals surface area (Å²) in [6, 6.07) is 5.81. The van der Waals surface area contributed by atoms with Gasteiger partial charge in [0.05, 0.1) is 0 Å². The SMILES string of the molecule is CC(O)C(=O)Oc1cccc(O)c1. The molecule has 0 heterocycles. The van der Waals surface area contributed by atoms with Gasteiger partial charge in [-0.1, -0.05) is 6.07 Å². The first-order valence-corrected chi connectivity index (χ1v) is 3.78. The van der Waals surface area contributed by atoms with Crippen LogP contribution >= 0.6 is 0 Å². The molecule has 0 aliphatic heterocycles. The Hall–Kier alpha value is -1.55. The van der Waals surface area contributed by atoms with Crippen molar-refractivity contribution in [2.24, 2.45) is 0 Å². The van der Waals surface area contributed by atoms with Crippen molar-refractivity contribution in [1.29, 1.82) is 0 Å². The van der Waals surface area contributed by atoms with Crippen molar-refractivity contribution in [3.63, 3.8) is 0 Å². The summed E-state index contributed by atoms with van der Waals surface area (Å²) >= 11 is 0. The van der Waals surface area contributed by atoms with Gasteiger partial charge in [-0.15, -0.1) is 0 Å². The lowest BCUT2D eigenvalue weighted by Crippen LogP contribution is -2.21. The van der Waals surface area contributed by atoms with Gasteiger partial charge in [0.15, 0.2) is 0 Å². The van der Waals surface area contributed by atoms with Crippen molar-refractivity contribution >= 4 is 5.97 Å². The average molecular weight is 182 g/mol. The third-order valence-corrected chi connectivity index (χ3v) is 1.38. The monoisotopic (exact) mass is 182 g/mol. The molecule has 1 atom stereocenters. The number of esters is 1. The van der Waals surface area contributed by atoms with Crippen LogP contribution in [0.15, 0.2) is 24.3 Å². The number of rotatable bonds is 2. The molecule has 0 aromatic heterocycles. The van der Waals surface area contributed by atoms with Crippen LogP contribution in [0.25, 0.3) is 0 Å². The fourth-order valence-corrected chi connectivity index (χ4v) is 0.748. The molecule has 13 heavy (non-hydrogen) atoms. The number of aromatic hydroxyl groups is 1. The summed E-state index contributed by atoms with van der Waals surface area (Å²) in [5.74, 6) is -0.521. The van der Waals surface area contributed by atoms with Gasteiger partial charge in [-0.25, -0.2) is 4.79 Å². The molecule has 4 heteroatoms. The van der Waals surface area contributed by atoms with Gasteiger partial charge in [-0.05, 0) is 19.1 Å². The molecular formula is C9H10O4. The maximum atomic E-state index is 10.9. The number of carbonyl (C=O) groups is 1. The molecule has 1 rings (SSSR count). The highest BCUT2D eigenvalue weighted by molar-refractivity contribution is 5.76. The van der Waals surface area contributed by atoms with E-state index in [1.165, 1.54) is 25.1 Å². The van der Waals surface area contributed by atoms with E-state index in [1.54, 1.807) is 6.07 Å². The molecule has 1 aromatic rings. The fourth-order valence-electron chi connectivity index (χ4n) is 0.748. The smallest absolute Gasteiger partial charge is 0.340 e. The van der Waals surface area contributed by atoms with Crippen LogP contribution in [0.5, 0.6) is 11.5 Å². The molecule has 0 fully saturated rings. The Morgan fingerprint density at radius 1 is 1.54 bits per heavy atom. The van der Waals surface area contributed by atoms with Gasteiger partial charge in [0.25, 0.3) is 0 Å². The quantitative estimate of drug-likeness (QED) is 0.521. The van der Waals surface area contributed by atoms with E-state index in [0.717, 1.165) is 0 Å². The number of carbonyl (C=O) groups excluding carboxylic acids is 1. The van der Waals surface area contributed by atoms with E-state index in [2.05, 4.69) is 0 Å². The highest BCUT2D eigenvalue weighted by Gasteiger charge is 2.11. The van der Waals surface area contributed by atoms with Gasteiger partial charge in [0.2, 0.25) is 0 Å². The molecule has 0 amide bonds. The maximum absolute atomic E-state index is 10.9. The number of aliphatic hydroxyl groups is 1. The van der Waals surface area contributed by atoms with E-state index < -0.39 is 12.1 Å². The zero-order valence-electron chi connectivity index (χ0n) is 7.10. The van der Waals surface area contributed by atoms with Crippen molar-refractivity contribution in [3.05, 3.63) is 24.3 Å². The van der Waals surface area contributed by atoms with E-state index >= 15 is 0 Å². The van der Waals surface area contributed by atoms with Crippen LogP contribution in [0.4, 0.5) is 0 Å². The van der Waals surface area contributed by atoms with Gasteiger partial charge in [-0.2, -0.15) is 0 Å². The van der Waals surface area contributed by atoms with Crippen molar-refractivity contribution in [3.8, 4) is 11.5 Å². The number of phenols is 1. The van der Waals surface area contributed by atoms with Gasteiger partial charge in [0, 0.05) is 6.07 Å². The third-order valence-electron chi connectivity index (χ3n) is 1.38. The number of hydrogen-bond donors (Lipinski definition) is 2. The lowest BCUT2D eigenvalue weighted by molar-refractivity contribution is -0.142. The van der Waals surface area contributed by atoms with Crippen LogP contribution in [0.1, 0.15) is 6.92 Å². The Balaban J connectivity index is 2.69. The van der Waals surface area contributed by atoms with E-state index in [4.69, 9.17) is 14.9 Å². The van der Waals surface area contributed by atoms with Crippen LogP contribution in [-0.2, 0) is 4.79 Å². The Kier molecular flexibility index (Phi) is 2.87. The number of phenolic OH excluding ortho intramolecular Hbond substituents is 1. The second-order valence-electron chi connectivity index (χ2n) is 2.59. The van der Waals surface area contributed by atoms with E-state index in [-0.39, 0.29) is 11.5 Å². The minimum atomic E-state index is -1.16. The molecule has 0 bridgehead atoms. The zero-order chi connectivity index (χ0) is 9.84. The lowest BCUT2D eigenvalue weighted by atomic mass is 10.3. The second-order valence-corrected chi connectivity index (χ2v) is 2.59. The summed E-state index contributed by atoms with van der Waals surface area (Å²) < 4.78 is 4.71. The topological polar surface area (TPSA) is 66.8 Å². The molecule has 70 valence electrons. The summed E-state index contributed by atoms with van der Waals surface area (Å²) in [5, 5.41) is 17.8. The highest BCUT2D eigenvalue weighted by Crippen LogP contribution is 2.17. The average Bonchev–Trinajstić information content (AvgIpc) is 2.04. The molecule has 4 nitrogen and oxygen atoms in total. The molecule has 0 saturated carbocycles. The standard InChI is InChI=1S/C9H10O4/c1-6(10)9(12)13-8-4-2-3-7(11)5-8/h2-6,10-11H,1H3. The summed E-state index contributed by atoms with van der Waals surface area (Å²) in [5.41, 5.74) is 0. The van der Waals surface area contributed by atoms with Gasteiger partial charge in [0.1, 0.15) is 17.6 Å². The molecule has 2 N–H and O–H groups in total. The summed E-state index contributed by atoms with van der Waals surface area (Å²) in [6.07, 6.45) is -1.16. The lowest BCUT2D eigenvalue weighted by Gasteiger charge is -2.05. The van der Waals surface area contributed by atoms with E-state index in [9.17, 15) is 4.79 Å². The Morgan fingerprint density at radius 2 is 2.23 bits per heavy atom. The predicted octanol–water partition coefficient (Wildman–Crippen LogP) is 0.678. The second kappa shape index (κ2) is 3.91. The van der Waals surface area contributed by atoms with Gasteiger partial charge >= 0.3 is 5.97 Å². The van der Waals surface area contributed by atoms with E-state index in [0.29, 0.717) is 0 Å². The largest absolute Gasteiger partial charge is 0.508 e. The maximum Gasteiger partial charge on any atom is 0.340 e. The first-order valence-electron chi connectivity index (χ1n) is 3.78. The molecule has 1 aromatic carbocycles. The molecule has 0 saturated heterocycles. The minimum Gasteiger partial charge on any atom is -0.508 e. The zero-order valence-corrected chi connectivity index (χ0v) is 7.10. The van der Waals surface area contributed by atoms with Crippen LogP contribution in [-0.4, -0.2) is 22.3 Å². The summed E-state index contributed by atoms with van der Waals surface area (Å²) in [6.45, 7) is 1.31. The normalized spacial score (nSPS) is 12.2. The fraction of sp³-hybridized carbons (Fsp3) is 0.222. The number of ether oxygens (including phenoxy) is 1. The Bertz CT molecular complexity index is 306. The Morgan fingerprint density at radius 3 is 2.77 bits per heavy atom. The molecular weight excluding hydrogens is 172 g/mol. The summed E-state index contributed by atoms with van der Waals surface area (Å²) in [4.78, 5) is 10.9. The molecule has 0 spiro atoms. The minimum absolute atomic E-state index is 0.0101. The first kappa shape index (κ1) is 9.54. The molecule has 1 unspecified atom stereocenters. The van der Waals surface area contributed by atoms with Crippen molar-refractivity contribution < 1.29 is 19.7 Å². The van der Waals surface area contributed by atoms with Crippen LogP contribution in [0.2, 0.25) is 0 Å². The molecule has 0 aliphatic rings. The van der Waals surface area contributed by atoms with Gasteiger partial charge < -0.3 is 14.9 Å². The highest BCUT2D eigenvalue weighted by atomic mass is 16.5. The van der Waals surface area contributed by atoms with Crippen molar-refractivity contribution in [2.75, 3.05) is 0 Å². The van der Waals surface area contributed by atoms with Crippen LogP contribution in [0, 0.1) is 0 Å². The van der Waals surface area contributed by atoms with Crippen LogP contribution in [0.3, 0.4) is 0 Å². The van der Waals surface area contributed by atoms with Gasteiger partial charge in [-0.3, -0.25) is 0 Å². The predicted molar refractivity (Wildman–Crippen MR) is 45.4 cm³/mol. The number of hydrogen-bond acceptors (Lipinski definition) is 4. The molecule has 0 aliphatic carbocycles. The van der Waals surface area contributed by atoms with Crippen molar-refractivity contribution in [2.45, 2.75) is 13.0 Å².